The van der Waals surface area contributed by atoms with E-state index in [0.717, 1.165) is 23.6 Å². The highest BCUT2D eigenvalue weighted by atomic mass is 35.5. The first-order chi connectivity index (χ1) is 11.5. The van der Waals surface area contributed by atoms with E-state index in [-0.39, 0.29) is 11.4 Å². The van der Waals surface area contributed by atoms with Crippen molar-refractivity contribution in [2.45, 2.75) is 12.0 Å². The van der Waals surface area contributed by atoms with Gasteiger partial charge in [0.05, 0.1) is 17.4 Å². The molecule has 0 radical (unpaired) electrons. The molecule has 1 aliphatic rings. The molecule has 1 aromatic carbocycles. The van der Waals surface area contributed by atoms with Gasteiger partial charge in [0.2, 0.25) is 0 Å². The second kappa shape index (κ2) is 7.17. The Kier molecular flexibility index (Phi) is 5.18. The monoisotopic (exact) mass is 364 g/mol. The van der Waals surface area contributed by atoms with Gasteiger partial charge >= 0.3 is 0 Å². The van der Waals surface area contributed by atoms with Crippen LogP contribution in [0.5, 0.6) is 0 Å². The molecule has 3 rings (SSSR count). The summed E-state index contributed by atoms with van der Waals surface area (Å²) in [6.07, 6.45) is 4.43. The topological polar surface area (TPSA) is 50.2 Å². The summed E-state index contributed by atoms with van der Waals surface area (Å²) in [6.45, 7) is 0.651. The summed E-state index contributed by atoms with van der Waals surface area (Å²) in [5, 5.41) is 8.01. The Balaban J connectivity index is 1.66. The van der Waals surface area contributed by atoms with E-state index in [0.29, 0.717) is 17.1 Å². The van der Waals surface area contributed by atoms with Crippen molar-refractivity contribution in [3.05, 3.63) is 47.2 Å². The van der Waals surface area contributed by atoms with Crippen molar-refractivity contribution in [2.75, 3.05) is 32.1 Å². The number of thioether (sulfide) groups is 1. The molecule has 1 atom stereocenters. The van der Waals surface area contributed by atoms with Gasteiger partial charge in [-0.2, -0.15) is 16.9 Å². The minimum atomic E-state index is -0.0895. The molecule has 0 spiro atoms. The standard InChI is InChI=1S/C17H21ClN4OS/c1-21(2)17(7-8-24-12-17)11-19-16(23)13-9-20-22(10-13)15-5-3-14(18)4-6-15/h3-6,9-10H,7-8,11-12H2,1-2H3,(H,19,23)/t17-/m1/s1. The van der Waals surface area contributed by atoms with Crippen LogP contribution < -0.4 is 5.32 Å². The predicted molar refractivity (Wildman–Crippen MR) is 99.3 cm³/mol. The van der Waals surface area contributed by atoms with Crippen molar-refractivity contribution in [2.24, 2.45) is 0 Å². The maximum atomic E-state index is 12.5. The van der Waals surface area contributed by atoms with Crippen LogP contribution in [-0.2, 0) is 0 Å². The SMILES string of the molecule is CN(C)[C@@]1(CNC(=O)c2cnn(-c3ccc(Cl)cc3)c2)CCSC1. The van der Waals surface area contributed by atoms with Gasteiger partial charge in [-0.15, -0.1) is 0 Å². The number of hydrogen-bond donors (Lipinski definition) is 1. The molecule has 1 amide bonds. The fraction of sp³-hybridized carbons (Fsp3) is 0.412. The van der Waals surface area contributed by atoms with Crippen LogP contribution in [0.15, 0.2) is 36.7 Å². The van der Waals surface area contributed by atoms with Crippen molar-refractivity contribution >= 4 is 29.3 Å². The second-order valence-electron chi connectivity index (χ2n) is 6.25. The number of nitrogens with one attached hydrogen (secondary N) is 1. The van der Waals surface area contributed by atoms with E-state index >= 15 is 0 Å². The summed E-state index contributed by atoms with van der Waals surface area (Å²) in [4.78, 5) is 14.7. The number of amides is 1. The Labute approximate surface area is 151 Å². The Morgan fingerprint density at radius 1 is 1.42 bits per heavy atom. The van der Waals surface area contributed by atoms with Gasteiger partial charge in [-0.3, -0.25) is 4.79 Å². The third-order valence-corrected chi connectivity index (χ3v) is 6.03. The quantitative estimate of drug-likeness (QED) is 0.886. The molecular formula is C17H21ClN4OS. The van der Waals surface area contributed by atoms with Gasteiger partial charge in [-0.25, -0.2) is 4.68 Å². The third kappa shape index (κ3) is 3.61. The van der Waals surface area contributed by atoms with E-state index in [1.54, 1.807) is 29.2 Å². The number of carbonyl (C=O) groups is 1. The highest BCUT2D eigenvalue weighted by molar-refractivity contribution is 7.99. The van der Waals surface area contributed by atoms with Crippen molar-refractivity contribution in [1.82, 2.24) is 20.0 Å². The van der Waals surface area contributed by atoms with Crippen LogP contribution in [0.25, 0.3) is 5.69 Å². The highest BCUT2D eigenvalue weighted by Crippen LogP contribution is 2.31. The van der Waals surface area contributed by atoms with Crippen molar-refractivity contribution < 1.29 is 4.79 Å². The average Bonchev–Trinajstić information content (AvgIpc) is 3.24. The van der Waals surface area contributed by atoms with Gasteiger partial charge in [-0.1, -0.05) is 11.6 Å². The lowest BCUT2D eigenvalue weighted by molar-refractivity contribution is 0.0914. The molecule has 2 aromatic rings. The maximum Gasteiger partial charge on any atom is 0.254 e. The Bertz CT molecular complexity index is 708. The smallest absolute Gasteiger partial charge is 0.254 e. The first-order valence-corrected chi connectivity index (χ1v) is 9.37. The van der Waals surface area contributed by atoms with Gasteiger partial charge in [0, 0.05) is 29.1 Å². The zero-order chi connectivity index (χ0) is 17.2. The number of hydrogen-bond acceptors (Lipinski definition) is 4. The van der Waals surface area contributed by atoms with Crippen LogP contribution in [0, 0.1) is 0 Å². The number of nitrogens with zero attached hydrogens (tertiary/aromatic N) is 3. The maximum absolute atomic E-state index is 12.5. The van der Waals surface area contributed by atoms with Gasteiger partial charge < -0.3 is 10.2 Å². The molecule has 0 saturated carbocycles. The van der Waals surface area contributed by atoms with E-state index in [1.165, 1.54) is 0 Å². The summed E-state index contributed by atoms with van der Waals surface area (Å²) in [7, 11) is 4.16. The fourth-order valence-electron chi connectivity index (χ4n) is 2.77. The molecule has 128 valence electrons. The van der Waals surface area contributed by atoms with Crippen LogP contribution in [0.2, 0.25) is 5.02 Å². The van der Waals surface area contributed by atoms with Crippen LogP contribution in [-0.4, -0.2) is 58.3 Å². The zero-order valence-corrected chi connectivity index (χ0v) is 15.4. The minimum absolute atomic E-state index is 0.0481. The molecule has 1 aliphatic heterocycles. The number of carbonyl (C=O) groups excluding carboxylic acids is 1. The molecule has 1 N–H and O–H groups in total. The lowest BCUT2D eigenvalue weighted by Crippen LogP contribution is -2.52. The number of benzene rings is 1. The van der Waals surface area contributed by atoms with E-state index in [9.17, 15) is 4.79 Å². The number of aromatic nitrogens is 2. The van der Waals surface area contributed by atoms with Crippen LogP contribution >= 0.6 is 23.4 Å². The third-order valence-electron chi connectivity index (χ3n) is 4.55. The number of rotatable bonds is 5. The number of likely N-dealkylation sites (N-methyl/N-ethyl adjacent to an activating group) is 1. The van der Waals surface area contributed by atoms with Crippen molar-refractivity contribution in [3.63, 3.8) is 0 Å². The van der Waals surface area contributed by atoms with Crippen LogP contribution in [0.3, 0.4) is 0 Å². The van der Waals surface area contributed by atoms with Crippen molar-refractivity contribution in [1.29, 1.82) is 0 Å². The Morgan fingerprint density at radius 2 is 2.17 bits per heavy atom. The first kappa shape index (κ1) is 17.3. The van der Waals surface area contributed by atoms with E-state index in [2.05, 4.69) is 29.4 Å². The van der Waals surface area contributed by atoms with E-state index in [4.69, 9.17) is 11.6 Å². The average molecular weight is 365 g/mol. The lowest BCUT2D eigenvalue weighted by atomic mass is 9.97. The summed E-state index contributed by atoms with van der Waals surface area (Å²) >= 11 is 7.84. The molecule has 5 nitrogen and oxygen atoms in total. The molecule has 0 bridgehead atoms. The molecule has 0 aliphatic carbocycles. The van der Waals surface area contributed by atoms with Crippen LogP contribution in [0.4, 0.5) is 0 Å². The lowest BCUT2D eigenvalue weighted by Gasteiger charge is -2.35. The summed E-state index contributed by atoms with van der Waals surface area (Å²) < 4.78 is 1.68. The molecule has 1 saturated heterocycles. The first-order valence-electron chi connectivity index (χ1n) is 7.84. The second-order valence-corrected chi connectivity index (χ2v) is 7.80. The summed E-state index contributed by atoms with van der Waals surface area (Å²) in [5.41, 5.74) is 1.48. The van der Waals surface area contributed by atoms with Gasteiger partial charge in [0.1, 0.15) is 0 Å². The zero-order valence-electron chi connectivity index (χ0n) is 13.8. The van der Waals surface area contributed by atoms with Crippen molar-refractivity contribution in [3.8, 4) is 5.69 Å². The molecular weight excluding hydrogens is 344 g/mol. The Hall–Kier alpha value is -1.50. The number of halogens is 1. The molecule has 1 fully saturated rings. The van der Waals surface area contributed by atoms with Gasteiger partial charge in [0.25, 0.3) is 5.91 Å². The normalized spacial score (nSPS) is 20.5. The minimum Gasteiger partial charge on any atom is -0.350 e. The predicted octanol–water partition coefficient (Wildman–Crippen LogP) is 2.69. The van der Waals surface area contributed by atoms with Crippen LogP contribution in [0.1, 0.15) is 16.8 Å². The molecule has 1 aromatic heterocycles. The molecule has 0 unspecified atom stereocenters. The van der Waals surface area contributed by atoms with Gasteiger partial charge in [0.15, 0.2) is 0 Å². The molecule has 24 heavy (non-hydrogen) atoms. The summed E-state index contributed by atoms with van der Waals surface area (Å²) in [5.74, 6) is 2.10. The summed E-state index contributed by atoms with van der Waals surface area (Å²) in [6, 6.07) is 7.34. The van der Waals surface area contributed by atoms with E-state index in [1.807, 2.05) is 23.9 Å². The van der Waals surface area contributed by atoms with E-state index < -0.39 is 0 Å². The highest BCUT2D eigenvalue weighted by Gasteiger charge is 2.36. The Morgan fingerprint density at radius 3 is 2.79 bits per heavy atom. The largest absolute Gasteiger partial charge is 0.350 e. The molecule has 2 heterocycles. The van der Waals surface area contributed by atoms with Gasteiger partial charge in [-0.05, 0) is 50.5 Å². The fourth-order valence-corrected chi connectivity index (χ4v) is 4.45. The molecule has 7 heteroatoms.